The van der Waals surface area contributed by atoms with Crippen molar-refractivity contribution < 1.29 is 14.3 Å². The average Bonchev–Trinajstić information content (AvgIpc) is 2.84. The number of nitrogens with one attached hydrogen (secondary N) is 2. The van der Waals surface area contributed by atoms with Crippen LogP contribution in [-0.4, -0.2) is 43.1 Å². The summed E-state index contributed by atoms with van der Waals surface area (Å²) in [4.78, 5) is 31.8. The number of aromatic nitrogens is 1. The summed E-state index contributed by atoms with van der Waals surface area (Å²) < 4.78 is 5.40. The van der Waals surface area contributed by atoms with Gasteiger partial charge in [0.15, 0.2) is 0 Å². The number of amides is 2. The molecule has 4 rings (SSSR count). The predicted octanol–water partition coefficient (Wildman–Crippen LogP) is 3.41. The van der Waals surface area contributed by atoms with Crippen LogP contribution in [0.2, 0.25) is 0 Å². The Bertz CT molecular complexity index is 1090. The van der Waals surface area contributed by atoms with Crippen LogP contribution in [0.1, 0.15) is 31.8 Å². The smallest absolute Gasteiger partial charge is 0.255 e. The number of morpholine rings is 1. The maximum atomic E-state index is 12.9. The van der Waals surface area contributed by atoms with Crippen molar-refractivity contribution >= 4 is 23.3 Å². The van der Waals surface area contributed by atoms with Gasteiger partial charge in [-0.25, -0.2) is 4.98 Å². The minimum Gasteiger partial charge on any atom is -0.378 e. The van der Waals surface area contributed by atoms with Gasteiger partial charge in [0.25, 0.3) is 11.8 Å². The zero-order valence-corrected chi connectivity index (χ0v) is 18.0. The molecule has 2 N–H and O–H groups in total. The van der Waals surface area contributed by atoms with E-state index in [1.165, 1.54) is 0 Å². The Balaban J connectivity index is 1.40. The molecule has 1 aliphatic heterocycles. The van der Waals surface area contributed by atoms with Gasteiger partial charge in [-0.3, -0.25) is 9.59 Å². The number of rotatable bonds is 6. The SMILES string of the molecule is Cc1ccc(C(=O)Nc2cccc(CNC(=O)c3cccnc3N3CCOCC3)c2)cc1. The first-order valence-corrected chi connectivity index (χ1v) is 10.6. The standard InChI is InChI=1S/C25H26N4O3/c1-18-7-9-20(10-8-18)24(30)28-21-5-2-4-19(16-21)17-27-25(31)22-6-3-11-26-23(22)29-12-14-32-15-13-29/h2-11,16H,12-15,17H2,1H3,(H,27,31)(H,28,30). The van der Waals surface area contributed by atoms with Crippen LogP contribution in [-0.2, 0) is 11.3 Å². The third-order valence-corrected chi connectivity index (χ3v) is 5.29. The molecule has 0 aliphatic carbocycles. The molecule has 32 heavy (non-hydrogen) atoms. The molecule has 2 aromatic carbocycles. The van der Waals surface area contributed by atoms with Crippen LogP contribution < -0.4 is 15.5 Å². The molecule has 7 heteroatoms. The number of nitrogens with zero attached hydrogens (tertiary/aromatic N) is 2. The Morgan fingerprint density at radius 3 is 2.56 bits per heavy atom. The number of aryl methyl sites for hydroxylation is 1. The molecule has 3 aromatic rings. The van der Waals surface area contributed by atoms with E-state index in [0.717, 1.165) is 11.1 Å². The van der Waals surface area contributed by atoms with Crippen LogP contribution in [0.25, 0.3) is 0 Å². The molecular formula is C25H26N4O3. The maximum Gasteiger partial charge on any atom is 0.255 e. The Morgan fingerprint density at radius 2 is 1.78 bits per heavy atom. The van der Waals surface area contributed by atoms with E-state index in [1.807, 2.05) is 43.3 Å². The normalized spacial score (nSPS) is 13.5. The summed E-state index contributed by atoms with van der Waals surface area (Å²) in [5.41, 5.74) is 3.80. The van der Waals surface area contributed by atoms with Gasteiger partial charge >= 0.3 is 0 Å². The van der Waals surface area contributed by atoms with Crippen molar-refractivity contribution in [2.45, 2.75) is 13.5 Å². The first-order valence-electron chi connectivity index (χ1n) is 10.6. The first kappa shape index (κ1) is 21.5. The minimum atomic E-state index is -0.186. The van der Waals surface area contributed by atoms with Gasteiger partial charge in [-0.05, 0) is 48.9 Å². The van der Waals surface area contributed by atoms with Crippen LogP contribution in [0, 0.1) is 6.92 Å². The number of pyridine rings is 1. The average molecular weight is 431 g/mol. The fraction of sp³-hybridized carbons (Fsp3) is 0.240. The maximum absolute atomic E-state index is 12.9. The molecule has 0 spiro atoms. The second-order valence-corrected chi connectivity index (χ2v) is 7.68. The third kappa shape index (κ3) is 5.31. The lowest BCUT2D eigenvalue weighted by Crippen LogP contribution is -2.38. The molecule has 0 atom stereocenters. The van der Waals surface area contributed by atoms with Crippen LogP contribution >= 0.6 is 0 Å². The fourth-order valence-electron chi connectivity index (χ4n) is 3.55. The van der Waals surface area contributed by atoms with Gasteiger partial charge in [-0.2, -0.15) is 0 Å². The highest BCUT2D eigenvalue weighted by molar-refractivity contribution is 6.04. The van der Waals surface area contributed by atoms with Crippen molar-refractivity contribution in [1.82, 2.24) is 10.3 Å². The second-order valence-electron chi connectivity index (χ2n) is 7.68. The van der Waals surface area contributed by atoms with Gasteiger partial charge in [0.2, 0.25) is 0 Å². The third-order valence-electron chi connectivity index (χ3n) is 5.29. The summed E-state index contributed by atoms with van der Waals surface area (Å²) in [6, 6.07) is 18.4. The lowest BCUT2D eigenvalue weighted by Gasteiger charge is -2.29. The predicted molar refractivity (Wildman–Crippen MR) is 124 cm³/mol. The number of carbonyl (C=O) groups is 2. The summed E-state index contributed by atoms with van der Waals surface area (Å²) in [5, 5.41) is 5.87. The lowest BCUT2D eigenvalue weighted by molar-refractivity contribution is 0.0948. The highest BCUT2D eigenvalue weighted by Gasteiger charge is 2.19. The quantitative estimate of drug-likeness (QED) is 0.626. The molecular weight excluding hydrogens is 404 g/mol. The van der Waals surface area contributed by atoms with Gasteiger partial charge in [0.05, 0.1) is 18.8 Å². The van der Waals surface area contributed by atoms with Gasteiger partial charge in [0.1, 0.15) is 5.82 Å². The van der Waals surface area contributed by atoms with Crippen LogP contribution in [0.5, 0.6) is 0 Å². The molecule has 0 radical (unpaired) electrons. The Morgan fingerprint density at radius 1 is 1.00 bits per heavy atom. The zero-order valence-electron chi connectivity index (χ0n) is 18.0. The van der Waals surface area contributed by atoms with Crippen molar-refractivity contribution in [3.63, 3.8) is 0 Å². The van der Waals surface area contributed by atoms with Crippen molar-refractivity contribution in [3.05, 3.63) is 89.1 Å². The Hall–Kier alpha value is -3.71. The highest BCUT2D eigenvalue weighted by Crippen LogP contribution is 2.19. The molecule has 1 aliphatic rings. The number of hydrogen-bond acceptors (Lipinski definition) is 5. The molecule has 1 fully saturated rings. The largest absolute Gasteiger partial charge is 0.378 e. The number of ether oxygens (including phenoxy) is 1. The van der Waals surface area contributed by atoms with E-state index in [2.05, 4.69) is 20.5 Å². The lowest BCUT2D eigenvalue weighted by atomic mass is 10.1. The van der Waals surface area contributed by atoms with E-state index in [1.54, 1.807) is 30.5 Å². The number of carbonyl (C=O) groups excluding carboxylic acids is 2. The van der Waals surface area contributed by atoms with Gasteiger partial charge in [0, 0.05) is 37.1 Å². The molecule has 1 aromatic heterocycles. The molecule has 164 valence electrons. The topological polar surface area (TPSA) is 83.6 Å². The summed E-state index contributed by atoms with van der Waals surface area (Å²) in [6.07, 6.45) is 1.70. The summed E-state index contributed by atoms with van der Waals surface area (Å²) in [5.74, 6) is 0.317. The summed E-state index contributed by atoms with van der Waals surface area (Å²) in [6.45, 7) is 4.98. The number of anilines is 2. The van der Waals surface area contributed by atoms with Gasteiger partial charge in [-0.1, -0.05) is 29.8 Å². The Labute approximate surface area is 187 Å². The number of hydrogen-bond donors (Lipinski definition) is 2. The fourth-order valence-corrected chi connectivity index (χ4v) is 3.55. The molecule has 0 bridgehead atoms. The van der Waals surface area contributed by atoms with E-state index >= 15 is 0 Å². The van der Waals surface area contributed by atoms with Gasteiger partial charge < -0.3 is 20.3 Å². The Kier molecular flexibility index (Phi) is 6.77. The van der Waals surface area contributed by atoms with Crippen molar-refractivity contribution in [1.29, 1.82) is 0 Å². The van der Waals surface area contributed by atoms with Crippen LogP contribution in [0.3, 0.4) is 0 Å². The zero-order chi connectivity index (χ0) is 22.3. The molecule has 0 unspecified atom stereocenters. The van der Waals surface area contributed by atoms with Crippen LogP contribution in [0.4, 0.5) is 11.5 Å². The molecule has 1 saturated heterocycles. The van der Waals surface area contributed by atoms with E-state index in [-0.39, 0.29) is 11.8 Å². The number of benzene rings is 2. The van der Waals surface area contributed by atoms with Gasteiger partial charge in [-0.15, -0.1) is 0 Å². The summed E-state index contributed by atoms with van der Waals surface area (Å²) >= 11 is 0. The molecule has 7 nitrogen and oxygen atoms in total. The molecule has 0 saturated carbocycles. The molecule has 2 amide bonds. The molecule has 2 heterocycles. The summed E-state index contributed by atoms with van der Waals surface area (Å²) in [7, 11) is 0. The van der Waals surface area contributed by atoms with Crippen molar-refractivity contribution in [2.24, 2.45) is 0 Å². The monoisotopic (exact) mass is 430 g/mol. The second kappa shape index (κ2) is 10.1. The van der Waals surface area contributed by atoms with E-state index in [0.29, 0.717) is 55.5 Å². The van der Waals surface area contributed by atoms with E-state index in [9.17, 15) is 9.59 Å². The first-order chi connectivity index (χ1) is 15.6. The highest BCUT2D eigenvalue weighted by atomic mass is 16.5. The van der Waals surface area contributed by atoms with E-state index < -0.39 is 0 Å². The van der Waals surface area contributed by atoms with Crippen LogP contribution in [0.15, 0.2) is 66.9 Å². The van der Waals surface area contributed by atoms with Crippen molar-refractivity contribution in [2.75, 3.05) is 36.5 Å². The van der Waals surface area contributed by atoms with E-state index in [4.69, 9.17) is 4.74 Å². The minimum absolute atomic E-state index is 0.170. The van der Waals surface area contributed by atoms with Crippen molar-refractivity contribution in [3.8, 4) is 0 Å².